The number of halogens is 2. The molecule has 166 valence electrons. The number of aromatic nitrogens is 3. The zero-order valence-electron chi connectivity index (χ0n) is 17.7. The first-order valence-electron chi connectivity index (χ1n) is 10.7. The van der Waals surface area contributed by atoms with Gasteiger partial charge in [-0.15, -0.1) is 5.10 Å². The number of nitrogens with zero attached hydrogens (tertiary/aromatic N) is 5. The predicted octanol–water partition coefficient (Wildman–Crippen LogP) is 4.69. The molecular weight excluding hydrogens is 441 g/mol. The van der Waals surface area contributed by atoms with Crippen molar-refractivity contribution in [2.45, 2.75) is 0 Å². The SMILES string of the molecule is O=C(c1nc(-c2ccccc2)n(-c2ccccc2Cl)n1)N1CCN(c2ccc(F)cc2)CC1. The molecule has 0 saturated carbocycles. The van der Waals surface area contributed by atoms with Crippen molar-refractivity contribution >= 4 is 23.2 Å². The van der Waals surface area contributed by atoms with Crippen LogP contribution in [0.15, 0.2) is 78.9 Å². The van der Waals surface area contributed by atoms with Gasteiger partial charge in [-0.2, -0.15) is 0 Å². The lowest BCUT2D eigenvalue weighted by atomic mass is 10.2. The standard InChI is InChI=1S/C25H21ClFN5O/c26-21-8-4-5-9-22(21)32-24(18-6-2-1-3-7-18)28-23(29-32)25(33)31-16-14-30(15-17-31)20-12-10-19(27)11-13-20/h1-13H,14-17H2. The fourth-order valence-electron chi connectivity index (χ4n) is 3.93. The molecule has 0 bridgehead atoms. The van der Waals surface area contributed by atoms with Crippen molar-refractivity contribution in [2.24, 2.45) is 0 Å². The lowest BCUT2D eigenvalue weighted by Gasteiger charge is -2.35. The number of anilines is 1. The third-order valence-corrected chi connectivity index (χ3v) is 5.99. The van der Waals surface area contributed by atoms with Gasteiger partial charge in [0, 0.05) is 37.4 Å². The highest BCUT2D eigenvalue weighted by Gasteiger charge is 2.27. The van der Waals surface area contributed by atoms with Crippen LogP contribution in [0.2, 0.25) is 5.02 Å². The number of hydrogen-bond donors (Lipinski definition) is 0. The second-order valence-corrected chi connectivity index (χ2v) is 8.15. The molecule has 0 N–H and O–H groups in total. The van der Waals surface area contributed by atoms with Crippen LogP contribution in [0.4, 0.5) is 10.1 Å². The van der Waals surface area contributed by atoms with Crippen LogP contribution in [-0.4, -0.2) is 51.8 Å². The third-order valence-electron chi connectivity index (χ3n) is 5.67. The summed E-state index contributed by atoms with van der Waals surface area (Å²) in [6.45, 7) is 2.34. The van der Waals surface area contributed by atoms with E-state index in [4.69, 9.17) is 11.6 Å². The first-order valence-corrected chi connectivity index (χ1v) is 11.0. The zero-order chi connectivity index (χ0) is 22.8. The Labute approximate surface area is 195 Å². The molecule has 1 aliphatic heterocycles. The minimum atomic E-state index is -0.262. The molecule has 1 fully saturated rings. The van der Waals surface area contributed by atoms with Crippen LogP contribution in [0.25, 0.3) is 17.1 Å². The van der Waals surface area contributed by atoms with Crippen LogP contribution in [-0.2, 0) is 0 Å². The minimum Gasteiger partial charge on any atom is -0.368 e. The molecule has 8 heteroatoms. The zero-order valence-corrected chi connectivity index (χ0v) is 18.5. The molecule has 0 radical (unpaired) electrons. The van der Waals surface area contributed by atoms with Gasteiger partial charge >= 0.3 is 0 Å². The Morgan fingerprint density at radius 3 is 2.21 bits per heavy atom. The fourth-order valence-corrected chi connectivity index (χ4v) is 4.15. The summed E-state index contributed by atoms with van der Waals surface area (Å²) in [5.74, 6) is 0.194. The summed E-state index contributed by atoms with van der Waals surface area (Å²) in [5, 5.41) is 5.07. The number of benzene rings is 3. The van der Waals surface area contributed by atoms with Crippen molar-refractivity contribution in [3.05, 3.63) is 95.5 Å². The second kappa shape index (κ2) is 9.03. The van der Waals surface area contributed by atoms with Crippen LogP contribution < -0.4 is 4.90 Å². The normalized spacial score (nSPS) is 13.9. The van der Waals surface area contributed by atoms with Gasteiger partial charge in [0.2, 0.25) is 5.82 Å². The highest BCUT2D eigenvalue weighted by atomic mass is 35.5. The Kier molecular flexibility index (Phi) is 5.79. The van der Waals surface area contributed by atoms with Crippen LogP contribution in [0, 0.1) is 5.82 Å². The smallest absolute Gasteiger partial charge is 0.293 e. The molecule has 1 saturated heterocycles. The van der Waals surface area contributed by atoms with E-state index >= 15 is 0 Å². The molecular formula is C25H21ClFN5O. The summed E-state index contributed by atoms with van der Waals surface area (Å²) in [4.78, 5) is 21.8. The molecule has 1 aliphatic rings. The van der Waals surface area contributed by atoms with Gasteiger partial charge in [-0.1, -0.05) is 54.1 Å². The Balaban J connectivity index is 1.41. The van der Waals surface area contributed by atoms with Gasteiger partial charge in [-0.05, 0) is 36.4 Å². The van der Waals surface area contributed by atoms with Crippen molar-refractivity contribution < 1.29 is 9.18 Å². The number of hydrogen-bond acceptors (Lipinski definition) is 4. The molecule has 0 aliphatic carbocycles. The molecule has 3 aromatic carbocycles. The van der Waals surface area contributed by atoms with E-state index in [1.165, 1.54) is 12.1 Å². The van der Waals surface area contributed by atoms with Crippen LogP contribution in [0.3, 0.4) is 0 Å². The lowest BCUT2D eigenvalue weighted by molar-refractivity contribution is 0.0734. The maximum atomic E-state index is 13.3. The van der Waals surface area contributed by atoms with Gasteiger partial charge in [0.25, 0.3) is 5.91 Å². The van der Waals surface area contributed by atoms with E-state index in [1.54, 1.807) is 27.8 Å². The van der Waals surface area contributed by atoms with Crippen LogP contribution >= 0.6 is 11.6 Å². The molecule has 1 amide bonds. The van der Waals surface area contributed by atoms with Crippen LogP contribution in [0.5, 0.6) is 0 Å². The van der Waals surface area contributed by atoms with E-state index in [-0.39, 0.29) is 17.5 Å². The lowest BCUT2D eigenvalue weighted by Crippen LogP contribution is -2.49. The quantitative estimate of drug-likeness (QED) is 0.442. The Morgan fingerprint density at radius 2 is 1.52 bits per heavy atom. The van der Waals surface area contributed by atoms with Gasteiger partial charge in [0.05, 0.1) is 10.7 Å². The van der Waals surface area contributed by atoms with Gasteiger partial charge in [0.1, 0.15) is 5.82 Å². The number of rotatable bonds is 4. The van der Waals surface area contributed by atoms with E-state index < -0.39 is 0 Å². The molecule has 33 heavy (non-hydrogen) atoms. The molecule has 4 aromatic rings. The number of para-hydroxylation sites is 1. The summed E-state index contributed by atoms with van der Waals surface area (Å²) in [6, 6.07) is 23.3. The third kappa shape index (κ3) is 4.32. The predicted molar refractivity (Wildman–Crippen MR) is 126 cm³/mol. The molecule has 6 nitrogen and oxygen atoms in total. The van der Waals surface area contributed by atoms with Gasteiger partial charge in [0.15, 0.2) is 5.82 Å². The number of piperazine rings is 1. The van der Waals surface area contributed by atoms with E-state index in [1.807, 2.05) is 48.5 Å². The molecule has 2 heterocycles. The van der Waals surface area contributed by atoms with E-state index in [0.29, 0.717) is 42.7 Å². The highest BCUT2D eigenvalue weighted by molar-refractivity contribution is 6.32. The largest absolute Gasteiger partial charge is 0.368 e. The summed E-state index contributed by atoms with van der Waals surface area (Å²) in [5.41, 5.74) is 2.44. The molecule has 5 rings (SSSR count). The summed E-state index contributed by atoms with van der Waals surface area (Å²) < 4.78 is 14.8. The number of carbonyl (C=O) groups is 1. The average Bonchev–Trinajstić information content (AvgIpc) is 3.30. The van der Waals surface area contributed by atoms with Gasteiger partial charge in [-0.3, -0.25) is 4.79 Å². The van der Waals surface area contributed by atoms with Crippen LogP contribution in [0.1, 0.15) is 10.6 Å². The second-order valence-electron chi connectivity index (χ2n) is 7.74. The summed E-state index contributed by atoms with van der Waals surface area (Å²) in [6.07, 6.45) is 0. The van der Waals surface area contributed by atoms with E-state index in [9.17, 15) is 9.18 Å². The van der Waals surface area contributed by atoms with Gasteiger partial charge in [-0.25, -0.2) is 14.1 Å². The van der Waals surface area contributed by atoms with Crippen molar-refractivity contribution in [1.29, 1.82) is 0 Å². The summed E-state index contributed by atoms with van der Waals surface area (Å²) >= 11 is 6.43. The van der Waals surface area contributed by atoms with E-state index in [2.05, 4.69) is 15.0 Å². The van der Waals surface area contributed by atoms with Crippen molar-refractivity contribution in [2.75, 3.05) is 31.1 Å². The minimum absolute atomic E-state index is 0.129. The Hall–Kier alpha value is -3.71. The maximum Gasteiger partial charge on any atom is 0.293 e. The molecule has 0 unspecified atom stereocenters. The Bertz CT molecular complexity index is 1270. The monoisotopic (exact) mass is 461 g/mol. The highest BCUT2D eigenvalue weighted by Crippen LogP contribution is 2.26. The average molecular weight is 462 g/mol. The van der Waals surface area contributed by atoms with Gasteiger partial charge < -0.3 is 9.80 Å². The maximum absolute atomic E-state index is 13.3. The molecule has 1 aromatic heterocycles. The molecule has 0 atom stereocenters. The summed E-state index contributed by atoms with van der Waals surface area (Å²) in [7, 11) is 0. The Morgan fingerprint density at radius 1 is 0.848 bits per heavy atom. The molecule has 0 spiro atoms. The van der Waals surface area contributed by atoms with Crippen molar-refractivity contribution in [3.63, 3.8) is 0 Å². The first kappa shape index (κ1) is 21.2. The van der Waals surface area contributed by atoms with Crippen molar-refractivity contribution in [1.82, 2.24) is 19.7 Å². The topological polar surface area (TPSA) is 54.3 Å². The fraction of sp³-hybridized carbons (Fsp3) is 0.160. The first-order chi connectivity index (χ1) is 16.1. The van der Waals surface area contributed by atoms with E-state index in [0.717, 1.165) is 11.3 Å². The number of carbonyl (C=O) groups excluding carboxylic acids is 1. The van der Waals surface area contributed by atoms with Crippen molar-refractivity contribution in [3.8, 4) is 17.1 Å². The number of amides is 1.